The number of hydrogen-bond donors (Lipinski definition) is 2. The Bertz CT molecular complexity index is 264. The minimum absolute atomic E-state index is 0. The number of halogens is 1. The number of nitrogens with zero attached hydrogens (tertiary/aromatic N) is 1. The molecule has 1 aromatic heterocycles. The highest BCUT2D eigenvalue weighted by Crippen LogP contribution is 2.29. The molecule has 0 aliphatic carbocycles. The van der Waals surface area contributed by atoms with Crippen LogP contribution >= 0.6 is 12.4 Å². The molecule has 14 heavy (non-hydrogen) atoms. The number of aliphatic hydroxyl groups excluding tert-OH is 1. The van der Waals surface area contributed by atoms with Crippen molar-refractivity contribution < 1.29 is 5.11 Å². The van der Waals surface area contributed by atoms with Crippen LogP contribution in [0, 0.1) is 5.41 Å². The summed E-state index contributed by atoms with van der Waals surface area (Å²) in [4.78, 5) is 3.99. The van der Waals surface area contributed by atoms with E-state index in [1.807, 2.05) is 26.0 Å². The Morgan fingerprint density at radius 1 is 1.57 bits per heavy atom. The van der Waals surface area contributed by atoms with Crippen LogP contribution in [0.1, 0.15) is 25.5 Å². The van der Waals surface area contributed by atoms with E-state index < -0.39 is 0 Å². The van der Waals surface area contributed by atoms with Crippen molar-refractivity contribution in [2.45, 2.75) is 19.9 Å². The van der Waals surface area contributed by atoms with Crippen molar-refractivity contribution in [2.24, 2.45) is 11.1 Å². The van der Waals surface area contributed by atoms with Gasteiger partial charge in [0.25, 0.3) is 0 Å². The average molecular weight is 217 g/mol. The molecule has 0 radical (unpaired) electrons. The van der Waals surface area contributed by atoms with Gasteiger partial charge in [-0.25, -0.2) is 0 Å². The van der Waals surface area contributed by atoms with Gasteiger partial charge < -0.3 is 10.8 Å². The summed E-state index contributed by atoms with van der Waals surface area (Å²) in [5.74, 6) is 0. The molecule has 4 heteroatoms. The Kier molecular flexibility index (Phi) is 5.05. The van der Waals surface area contributed by atoms with Gasteiger partial charge in [0.1, 0.15) is 0 Å². The van der Waals surface area contributed by atoms with Crippen molar-refractivity contribution in [3.05, 3.63) is 30.1 Å². The van der Waals surface area contributed by atoms with Crippen molar-refractivity contribution in [3.63, 3.8) is 0 Å². The molecular weight excluding hydrogens is 200 g/mol. The molecule has 0 amide bonds. The summed E-state index contributed by atoms with van der Waals surface area (Å²) in [6.07, 6.45) is 3.45. The Balaban J connectivity index is 0.00000169. The van der Waals surface area contributed by atoms with Crippen LogP contribution in [0.25, 0.3) is 0 Å². The van der Waals surface area contributed by atoms with Crippen LogP contribution in [0.2, 0.25) is 0 Å². The van der Waals surface area contributed by atoms with E-state index in [2.05, 4.69) is 4.98 Å². The molecule has 0 fully saturated rings. The van der Waals surface area contributed by atoms with Gasteiger partial charge in [-0.3, -0.25) is 4.98 Å². The Hall–Kier alpha value is -0.640. The van der Waals surface area contributed by atoms with Crippen molar-refractivity contribution in [2.75, 3.05) is 6.61 Å². The molecule has 0 aromatic carbocycles. The van der Waals surface area contributed by atoms with Gasteiger partial charge in [0, 0.05) is 30.5 Å². The van der Waals surface area contributed by atoms with Crippen LogP contribution in [0.3, 0.4) is 0 Å². The van der Waals surface area contributed by atoms with Crippen LogP contribution < -0.4 is 5.73 Å². The molecular formula is C10H17ClN2O. The van der Waals surface area contributed by atoms with E-state index in [0.717, 1.165) is 5.56 Å². The molecule has 0 saturated heterocycles. The van der Waals surface area contributed by atoms with Gasteiger partial charge in [0.2, 0.25) is 0 Å². The summed E-state index contributed by atoms with van der Waals surface area (Å²) in [5.41, 5.74) is 6.64. The molecule has 1 atom stereocenters. The fourth-order valence-corrected chi connectivity index (χ4v) is 1.11. The normalized spacial score (nSPS) is 13.1. The van der Waals surface area contributed by atoms with E-state index >= 15 is 0 Å². The minimum Gasteiger partial charge on any atom is -0.396 e. The largest absolute Gasteiger partial charge is 0.396 e. The van der Waals surface area contributed by atoms with Crippen LogP contribution in [-0.2, 0) is 0 Å². The van der Waals surface area contributed by atoms with Crippen LogP contribution in [0.15, 0.2) is 24.5 Å². The number of nitrogens with two attached hydrogens (primary N) is 1. The number of hydrogen-bond acceptors (Lipinski definition) is 3. The van der Waals surface area contributed by atoms with E-state index in [9.17, 15) is 0 Å². The summed E-state index contributed by atoms with van der Waals surface area (Å²) >= 11 is 0. The summed E-state index contributed by atoms with van der Waals surface area (Å²) in [5, 5.41) is 9.13. The molecule has 0 aliphatic rings. The fourth-order valence-electron chi connectivity index (χ4n) is 1.11. The van der Waals surface area contributed by atoms with E-state index in [1.54, 1.807) is 12.4 Å². The fraction of sp³-hybridized carbons (Fsp3) is 0.500. The zero-order chi connectivity index (χ0) is 9.90. The number of pyridine rings is 1. The predicted molar refractivity (Wildman–Crippen MR) is 59.3 cm³/mol. The first-order valence-corrected chi connectivity index (χ1v) is 4.34. The average Bonchev–Trinajstić information content (AvgIpc) is 2.18. The Morgan fingerprint density at radius 2 is 2.21 bits per heavy atom. The molecule has 3 N–H and O–H groups in total. The Labute approximate surface area is 90.8 Å². The molecule has 0 spiro atoms. The second-order valence-electron chi connectivity index (χ2n) is 3.91. The summed E-state index contributed by atoms with van der Waals surface area (Å²) in [7, 11) is 0. The number of aliphatic hydroxyl groups is 1. The molecule has 80 valence electrons. The third-order valence-corrected chi connectivity index (χ3v) is 2.29. The Morgan fingerprint density at radius 3 is 2.64 bits per heavy atom. The van der Waals surface area contributed by atoms with Crippen molar-refractivity contribution in [3.8, 4) is 0 Å². The maximum atomic E-state index is 9.13. The highest BCUT2D eigenvalue weighted by molar-refractivity contribution is 5.85. The highest BCUT2D eigenvalue weighted by Gasteiger charge is 2.26. The van der Waals surface area contributed by atoms with Gasteiger partial charge in [-0.1, -0.05) is 19.9 Å². The summed E-state index contributed by atoms with van der Waals surface area (Å²) in [6, 6.07) is 3.60. The second kappa shape index (κ2) is 5.29. The third-order valence-electron chi connectivity index (χ3n) is 2.29. The summed E-state index contributed by atoms with van der Waals surface area (Å²) < 4.78 is 0. The van der Waals surface area contributed by atoms with Gasteiger partial charge in [0.15, 0.2) is 0 Å². The van der Waals surface area contributed by atoms with E-state index in [4.69, 9.17) is 10.8 Å². The van der Waals surface area contributed by atoms with Gasteiger partial charge >= 0.3 is 0 Å². The standard InChI is InChI=1S/C10H16N2O.ClH/c1-10(2,7-13)9(11)8-4-3-5-12-6-8;/h3-6,9,13H,7,11H2,1-2H3;1H/t9-;/m1./s1. The van der Waals surface area contributed by atoms with Gasteiger partial charge in [-0.2, -0.15) is 0 Å². The number of rotatable bonds is 3. The van der Waals surface area contributed by atoms with Crippen LogP contribution in [0.4, 0.5) is 0 Å². The zero-order valence-electron chi connectivity index (χ0n) is 8.47. The lowest BCUT2D eigenvalue weighted by molar-refractivity contribution is 0.132. The van der Waals surface area contributed by atoms with Crippen LogP contribution in [0.5, 0.6) is 0 Å². The molecule has 0 bridgehead atoms. The van der Waals surface area contributed by atoms with E-state index in [0.29, 0.717) is 0 Å². The number of aromatic nitrogens is 1. The van der Waals surface area contributed by atoms with E-state index in [-0.39, 0.29) is 30.5 Å². The minimum atomic E-state index is -0.303. The lowest BCUT2D eigenvalue weighted by Crippen LogP contribution is -2.32. The molecule has 1 rings (SSSR count). The van der Waals surface area contributed by atoms with Crippen molar-refractivity contribution in [1.82, 2.24) is 4.98 Å². The van der Waals surface area contributed by atoms with Crippen LogP contribution in [-0.4, -0.2) is 16.7 Å². The van der Waals surface area contributed by atoms with Crippen molar-refractivity contribution >= 4 is 12.4 Å². The first-order valence-electron chi connectivity index (χ1n) is 4.34. The highest BCUT2D eigenvalue weighted by atomic mass is 35.5. The van der Waals surface area contributed by atoms with Gasteiger partial charge in [-0.05, 0) is 11.6 Å². The van der Waals surface area contributed by atoms with Gasteiger partial charge in [0.05, 0.1) is 0 Å². The lowest BCUT2D eigenvalue weighted by Gasteiger charge is -2.29. The molecule has 1 aromatic rings. The third kappa shape index (κ3) is 2.94. The smallest absolute Gasteiger partial charge is 0.0500 e. The van der Waals surface area contributed by atoms with E-state index in [1.165, 1.54) is 0 Å². The van der Waals surface area contributed by atoms with Gasteiger partial charge in [-0.15, -0.1) is 12.4 Å². The summed E-state index contributed by atoms with van der Waals surface area (Å²) in [6.45, 7) is 3.94. The first-order chi connectivity index (χ1) is 6.08. The molecule has 0 saturated carbocycles. The second-order valence-corrected chi connectivity index (χ2v) is 3.91. The lowest BCUT2D eigenvalue weighted by atomic mass is 9.82. The monoisotopic (exact) mass is 216 g/mol. The quantitative estimate of drug-likeness (QED) is 0.806. The maximum absolute atomic E-state index is 9.13. The topological polar surface area (TPSA) is 59.1 Å². The molecule has 0 unspecified atom stereocenters. The maximum Gasteiger partial charge on any atom is 0.0500 e. The first kappa shape index (κ1) is 13.4. The predicted octanol–water partition coefficient (Wildman–Crippen LogP) is 1.52. The molecule has 0 aliphatic heterocycles. The van der Waals surface area contributed by atoms with Crippen molar-refractivity contribution in [1.29, 1.82) is 0 Å². The molecule has 1 heterocycles. The SMILES string of the molecule is CC(C)(CO)[C@H](N)c1cccnc1.Cl. The molecule has 3 nitrogen and oxygen atoms in total. The zero-order valence-corrected chi connectivity index (χ0v) is 9.29.